The highest BCUT2D eigenvalue weighted by Gasteiger charge is 2.08. The van der Waals surface area contributed by atoms with E-state index in [1.54, 1.807) is 19.1 Å². The van der Waals surface area contributed by atoms with E-state index in [1.807, 2.05) is 19.9 Å². The molecule has 0 N–H and O–H groups in total. The van der Waals surface area contributed by atoms with Crippen LogP contribution in [0.2, 0.25) is 0 Å². The minimum absolute atomic E-state index is 0.0642. The molecule has 1 rings (SSSR count). The van der Waals surface area contributed by atoms with Crippen LogP contribution in [0.15, 0.2) is 29.8 Å². The molecule has 80 valence electrons. The Kier molecular flexibility index (Phi) is 3.78. The highest BCUT2D eigenvalue weighted by molar-refractivity contribution is 5.98. The zero-order valence-corrected chi connectivity index (χ0v) is 9.25. The number of hydrogen-bond acceptors (Lipinski definition) is 1. The van der Waals surface area contributed by atoms with Gasteiger partial charge in [0.2, 0.25) is 0 Å². The summed E-state index contributed by atoms with van der Waals surface area (Å²) in [5.74, 6) is -0.0112. The normalized spacial score (nSPS) is 11.9. The molecule has 0 spiro atoms. The van der Waals surface area contributed by atoms with Crippen molar-refractivity contribution in [3.8, 4) is 0 Å². The van der Waals surface area contributed by atoms with Crippen LogP contribution in [0.4, 0.5) is 4.39 Å². The molecule has 0 saturated carbocycles. The Labute approximate surface area is 89.6 Å². The van der Waals surface area contributed by atoms with Gasteiger partial charge >= 0.3 is 0 Å². The third-order valence-corrected chi connectivity index (χ3v) is 2.22. The molecule has 0 unspecified atom stereocenters. The number of halogens is 1. The van der Waals surface area contributed by atoms with Crippen LogP contribution in [0.3, 0.4) is 0 Å². The van der Waals surface area contributed by atoms with Crippen molar-refractivity contribution in [2.75, 3.05) is 0 Å². The molecule has 0 amide bonds. The Morgan fingerprint density at radius 1 is 1.27 bits per heavy atom. The van der Waals surface area contributed by atoms with Crippen molar-refractivity contribution >= 4 is 11.9 Å². The molecule has 1 aromatic rings. The summed E-state index contributed by atoms with van der Waals surface area (Å²) in [5.41, 5.74) is 1.62. The van der Waals surface area contributed by atoms with Gasteiger partial charge in [0.05, 0.1) is 0 Å². The number of allylic oxidation sites excluding steroid dienone is 1. The van der Waals surface area contributed by atoms with E-state index in [1.165, 1.54) is 12.1 Å². The molecule has 0 aromatic heterocycles. The van der Waals surface area contributed by atoms with Crippen molar-refractivity contribution < 1.29 is 9.18 Å². The Hall–Kier alpha value is -1.44. The Morgan fingerprint density at radius 3 is 2.20 bits per heavy atom. The van der Waals surface area contributed by atoms with Gasteiger partial charge in [-0.1, -0.05) is 26.0 Å². The van der Waals surface area contributed by atoms with Crippen molar-refractivity contribution in [2.45, 2.75) is 20.8 Å². The van der Waals surface area contributed by atoms with E-state index in [4.69, 9.17) is 0 Å². The molecule has 1 aromatic carbocycles. The van der Waals surface area contributed by atoms with E-state index in [-0.39, 0.29) is 17.5 Å². The molecule has 0 aliphatic rings. The number of rotatable bonds is 3. The van der Waals surface area contributed by atoms with E-state index in [2.05, 4.69) is 0 Å². The van der Waals surface area contributed by atoms with Gasteiger partial charge in [-0.2, -0.15) is 0 Å². The summed E-state index contributed by atoms with van der Waals surface area (Å²) < 4.78 is 12.7. The van der Waals surface area contributed by atoms with Crippen molar-refractivity contribution in [3.63, 3.8) is 0 Å². The van der Waals surface area contributed by atoms with Crippen LogP contribution in [0.5, 0.6) is 0 Å². The number of ketones is 1. The number of hydrogen-bond donors (Lipinski definition) is 0. The van der Waals surface area contributed by atoms with Gasteiger partial charge in [-0.15, -0.1) is 0 Å². The maximum Gasteiger partial charge on any atom is 0.156 e. The van der Waals surface area contributed by atoms with Crippen molar-refractivity contribution in [1.29, 1.82) is 0 Å². The first-order valence-corrected chi connectivity index (χ1v) is 4.99. The molecule has 0 radical (unpaired) electrons. The van der Waals surface area contributed by atoms with Crippen LogP contribution < -0.4 is 0 Å². The van der Waals surface area contributed by atoms with Crippen LogP contribution >= 0.6 is 0 Å². The zero-order chi connectivity index (χ0) is 11.4. The summed E-state index contributed by atoms with van der Waals surface area (Å²) in [6, 6.07) is 6.12. The third kappa shape index (κ3) is 3.31. The van der Waals surface area contributed by atoms with Gasteiger partial charge in [0.1, 0.15) is 5.82 Å². The van der Waals surface area contributed by atoms with Crippen molar-refractivity contribution in [1.82, 2.24) is 0 Å². The monoisotopic (exact) mass is 206 g/mol. The standard InChI is InChI=1S/C13H15FO/c1-9(2)13(10(3)15)8-11-4-6-12(14)7-5-11/h4-9H,1-3H3/b13-8+. The van der Waals surface area contributed by atoms with Crippen molar-refractivity contribution in [3.05, 3.63) is 41.2 Å². The molecule has 0 fully saturated rings. The SMILES string of the molecule is CC(=O)/C(=C/c1ccc(F)cc1)C(C)C. The molecule has 2 heteroatoms. The maximum atomic E-state index is 12.7. The topological polar surface area (TPSA) is 17.1 Å². The lowest BCUT2D eigenvalue weighted by molar-refractivity contribution is -0.113. The van der Waals surface area contributed by atoms with Crippen molar-refractivity contribution in [2.24, 2.45) is 5.92 Å². The Morgan fingerprint density at radius 2 is 1.80 bits per heavy atom. The van der Waals surface area contributed by atoms with Gasteiger partial charge in [0.15, 0.2) is 5.78 Å². The molecular weight excluding hydrogens is 191 g/mol. The highest BCUT2D eigenvalue weighted by Crippen LogP contribution is 2.15. The summed E-state index contributed by atoms with van der Waals surface area (Å²) in [5, 5.41) is 0. The minimum atomic E-state index is -0.263. The Balaban J connectivity index is 3.02. The third-order valence-electron chi connectivity index (χ3n) is 2.22. The maximum absolute atomic E-state index is 12.7. The summed E-state index contributed by atoms with van der Waals surface area (Å²) in [6.45, 7) is 5.49. The molecule has 1 nitrogen and oxygen atoms in total. The lowest BCUT2D eigenvalue weighted by atomic mass is 9.97. The molecule has 15 heavy (non-hydrogen) atoms. The fourth-order valence-electron chi connectivity index (χ4n) is 1.41. The van der Waals surface area contributed by atoms with Crippen LogP contribution in [-0.4, -0.2) is 5.78 Å². The quantitative estimate of drug-likeness (QED) is 0.692. The number of Topliss-reactive ketones (excluding diaryl/α,β-unsaturated/α-hetero) is 1. The van der Waals surface area contributed by atoms with Gasteiger partial charge in [0, 0.05) is 0 Å². The summed E-state index contributed by atoms with van der Waals surface area (Å²) in [6.07, 6.45) is 1.81. The summed E-state index contributed by atoms with van der Waals surface area (Å²) in [4.78, 5) is 11.3. The number of carbonyl (C=O) groups is 1. The average Bonchev–Trinajstić information content (AvgIpc) is 2.15. The molecule has 0 atom stereocenters. The molecular formula is C13H15FO. The predicted octanol–water partition coefficient (Wildman–Crippen LogP) is 3.45. The van der Waals surface area contributed by atoms with Gasteiger partial charge < -0.3 is 0 Å². The van der Waals surface area contributed by atoms with E-state index < -0.39 is 0 Å². The first kappa shape index (κ1) is 11.6. The molecule has 0 saturated heterocycles. The second kappa shape index (κ2) is 4.87. The largest absolute Gasteiger partial charge is 0.295 e. The second-order valence-electron chi connectivity index (χ2n) is 3.86. The first-order chi connectivity index (χ1) is 7.00. The van der Waals surface area contributed by atoms with Crippen LogP contribution in [0, 0.1) is 11.7 Å². The highest BCUT2D eigenvalue weighted by atomic mass is 19.1. The zero-order valence-electron chi connectivity index (χ0n) is 9.25. The predicted molar refractivity (Wildman–Crippen MR) is 59.9 cm³/mol. The van der Waals surface area contributed by atoms with E-state index in [9.17, 15) is 9.18 Å². The van der Waals surface area contributed by atoms with Gasteiger partial charge in [-0.3, -0.25) is 4.79 Å². The molecule has 0 bridgehead atoms. The number of benzene rings is 1. The smallest absolute Gasteiger partial charge is 0.156 e. The summed E-state index contributed by atoms with van der Waals surface area (Å²) >= 11 is 0. The van der Waals surface area contributed by atoms with Gasteiger partial charge in [-0.05, 0) is 42.2 Å². The van der Waals surface area contributed by atoms with Crippen LogP contribution in [0.25, 0.3) is 6.08 Å². The fourth-order valence-corrected chi connectivity index (χ4v) is 1.41. The first-order valence-electron chi connectivity index (χ1n) is 4.99. The molecule has 0 aliphatic heterocycles. The molecule has 0 aliphatic carbocycles. The molecule has 0 heterocycles. The van der Waals surface area contributed by atoms with Gasteiger partial charge in [0.25, 0.3) is 0 Å². The van der Waals surface area contributed by atoms with E-state index in [0.717, 1.165) is 11.1 Å². The van der Waals surface area contributed by atoms with E-state index >= 15 is 0 Å². The Bertz CT molecular complexity index is 374. The lowest BCUT2D eigenvalue weighted by Crippen LogP contribution is -2.03. The minimum Gasteiger partial charge on any atom is -0.295 e. The summed E-state index contributed by atoms with van der Waals surface area (Å²) in [7, 11) is 0. The fraction of sp³-hybridized carbons (Fsp3) is 0.308. The van der Waals surface area contributed by atoms with E-state index in [0.29, 0.717) is 0 Å². The van der Waals surface area contributed by atoms with Crippen LogP contribution in [-0.2, 0) is 4.79 Å². The number of carbonyl (C=O) groups excluding carboxylic acids is 1. The lowest BCUT2D eigenvalue weighted by Gasteiger charge is -2.07. The second-order valence-corrected chi connectivity index (χ2v) is 3.86. The van der Waals surface area contributed by atoms with Crippen LogP contribution in [0.1, 0.15) is 26.3 Å². The average molecular weight is 206 g/mol. The van der Waals surface area contributed by atoms with Gasteiger partial charge in [-0.25, -0.2) is 4.39 Å².